The van der Waals surface area contributed by atoms with Crippen LogP contribution in [0.5, 0.6) is 17.8 Å². The van der Waals surface area contributed by atoms with E-state index in [1.807, 2.05) is 13.8 Å². The summed E-state index contributed by atoms with van der Waals surface area (Å²) in [6, 6.07) is 0.251. The number of hydrogen-bond donors (Lipinski definition) is 1. The van der Waals surface area contributed by atoms with E-state index >= 15 is 0 Å². The standard InChI is InChI=1S/C11H16N6O2/c1-3-5-18-10-14-9(12)15-11(16-10)19-8-6-13-17(4-2)7-8/h6-7H,3-5H2,1-2H3,(H2,12,14,15,16). The first-order valence-electron chi connectivity index (χ1n) is 6.06. The first-order chi connectivity index (χ1) is 9.21. The van der Waals surface area contributed by atoms with Crippen LogP contribution in [0, 0.1) is 0 Å². The van der Waals surface area contributed by atoms with E-state index in [0.717, 1.165) is 13.0 Å². The molecule has 0 fully saturated rings. The predicted octanol–water partition coefficient (Wildman–Crippen LogP) is 1.25. The molecule has 0 unspecified atom stereocenters. The fraction of sp³-hybridized carbons (Fsp3) is 0.455. The molecule has 0 spiro atoms. The van der Waals surface area contributed by atoms with Gasteiger partial charge in [0.1, 0.15) is 0 Å². The Balaban J connectivity index is 2.12. The number of aromatic nitrogens is 5. The van der Waals surface area contributed by atoms with Crippen LogP contribution < -0.4 is 15.2 Å². The molecule has 0 amide bonds. The summed E-state index contributed by atoms with van der Waals surface area (Å²) in [4.78, 5) is 11.8. The van der Waals surface area contributed by atoms with Gasteiger partial charge in [-0.2, -0.15) is 15.1 Å². The lowest BCUT2D eigenvalue weighted by Gasteiger charge is -2.05. The topological polar surface area (TPSA) is 101 Å². The van der Waals surface area contributed by atoms with Crippen LogP contribution in [0.1, 0.15) is 20.3 Å². The first kappa shape index (κ1) is 13.1. The molecule has 0 saturated carbocycles. The van der Waals surface area contributed by atoms with Gasteiger partial charge in [-0.3, -0.25) is 4.68 Å². The van der Waals surface area contributed by atoms with Crippen LogP contribution in [0.25, 0.3) is 0 Å². The van der Waals surface area contributed by atoms with Crippen LogP contribution in [0.4, 0.5) is 5.95 Å². The van der Waals surface area contributed by atoms with E-state index in [0.29, 0.717) is 12.4 Å². The molecule has 102 valence electrons. The van der Waals surface area contributed by atoms with Gasteiger partial charge in [0.15, 0.2) is 5.75 Å². The van der Waals surface area contributed by atoms with Gasteiger partial charge in [-0.15, -0.1) is 4.98 Å². The second-order valence-corrected chi connectivity index (χ2v) is 3.74. The van der Waals surface area contributed by atoms with Crippen molar-refractivity contribution >= 4 is 5.95 Å². The van der Waals surface area contributed by atoms with Gasteiger partial charge in [-0.25, -0.2) is 0 Å². The van der Waals surface area contributed by atoms with Crippen molar-refractivity contribution < 1.29 is 9.47 Å². The third-order valence-electron chi connectivity index (χ3n) is 2.19. The average molecular weight is 264 g/mol. The SMILES string of the molecule is CCCOc1nc(N)nc(Oc2cnn(CC)c2)n1. The van der Waals surface area contributed by atoms with Gasteiger partial charge in [-0.05, 0) is 13.3 Å². The van der Waals surface area contributed by atoms with E-state index in [2.05, 4.69) is 20.1 Å². The lowest BCUT2D eigenvalue weighted by Crippen LogP contribution is -2.05. The van der Waals surface area contributed by atoms with Gasteiger partial charge >= 0.3 is 12.0 Å². The number of aryl methyl sites for hydroxylation is 1. The van der Waals surface area contributed by atoms with Gasteiger partial charge in [0, 0.05) is 6.54 Å². The summed E-state index contributed by atoms with van der Waals surface area (Å²) in [6.45, 7) is 5.24. The molecular weight excluding hydrogens is 248 g/mol. The molecule has 2 heterocycles. The maximum absolute atomic E-state index is 5.57. The van der Waals surface area contributed by atoms with Gasteiger partial charge in [0.25, 0.3) is 0 Å². The molecule has 2 aromatic rings. The Morgan fingerprint density at radius 1 is 1.21 bits per heavy atom. The molecule has 2 rings (SSSR count). The van der Waals surface area contributed by atoms with E-state index in [1.165, 1.54) is 0 Å². The molecule has 2 N–H and O–H groups in total. The smallest absolute Gasteiger partial charge is 0.330 e. The van der Waals surface area contributed by atoms with Crippen LogP contribution in [0.2, 0.25) is 0 Å². The van der Waals surface area contributed by atoms with Crippen molar-refractivity contribution in [1.29, 1.82) is 0 Å². The zero-order valence-electron chi connectivity index (χ0n) is 10.9. The highest BCUT2D eigenvalue weighted by molar-refractivity contribution is 5.24. The van der Waals surface area contributed by atoms with Crippen LogP contribution in [0.15, 0.2) is 12.4 Å². The summed E-state index contributed by atoms with van der Waals surface area (Å²) in [7, 11) is 0. The molecule has 0 aliphatic heterocycles. The summed E-state index contributed by atoms with van der Waals surface area (Å²) in [6.07, 6.45) is 4.17. The van der Waals surface area contributed by atoms with Crippen molar-refractivity contribution in [3.8, 4) is 17.8 Å². The molecule has 0 aliphatic rings. The Hall–Kier alpha value is -2.38. The summed E-state index contributed by atoms with van der Waals surface area (Å²) < 4.78 is 12.5. The molecule has 0 saturated heterocycles. The minimum Gasteiger partial charge on any atom is -0.463 e. The maximum Gasteiger partial charge on any atom is 0.330 e. The zero-order chi connectivity index (χ0) is 13.7. The highest BCUT2D eigenvalue weighted by Gasteiger charge is 2.08. The molecule has 19 heavy (non-hydrogen) atoms. The third kappa shape index (κ3) is 3.54. The van der Waals surface area contributed by atoms with Gasteiger partial charge in [0.2, 0.25) is 5.95 Å². The van der Waals surface area contributed by atoms with E-state index in [9.17, 15) is 0 Å². The predicted molar refractivity (Wildman–Crippen MR) is 68.0 cm³/mol. The largest absolute Gasteiger partial charge is 0.463 e. The Morgan fingerprint density at radius 3 is 2.68 bits per heavy atom. The van der Waals surface area contributed by atoms with Gasteiger partial charge < -0.3 is 15.2 Å². The number of nitrogens with two attached hydrogens (primary N) is 1. The van der Waals surface area contributed by atoms with Crippen molar-refractivity contribution in [2.24, 2.45) is 0 Å². The summed E-state index contributed by atoms with van der Waals surface area (Å²) in [5.41, 5.74) is 5.57. The summed E-state index contributed by atoms with van der Waals surface area (Å²) >= 11 is 0. The monoisotopic (exact) mass is 264 g/mol. The Morgan fingerprint density at radius 2 is 2.00 bits per heavy atom. The van der Waals surface area contributed by atoms with Gasteiger partial charge in [-0.1, -0.05) is 6.92 Å². The number of hydrogen-bond acceptors (Lipinski definition) is 7. The van der Waals surface area contributed by atoms with E-state index < -0.39 is 0 Å². The third-order valence-corrected chi connectivity index (χ3v) is 2.19. The maximum atomic E-state index is 5.57. The van der Waals surface area contributed by atoms with Crippen molar-refractivity contribution in [3.05, 3.63) is 12.4 Å². The minimum atomic E-state index is 0.0546. The molecule has 0 atom stereocenters. The van der Waals surface area contributed by atoms with Gasteiger partial charge in [0.05, 0.1) is 19.0 Å². The Bertz CT molecular complexity index is 542. The number of nitrogen functional groups attached to an aromatic ring is 1. The number of rotatable bonds is 6. The zero-order valence-corrected chi connectivity index (χ0v) is 10.9. The summed E-state index contributed by atoms with van der Waals surface area (Å²) in [5.74, 6) is 0.591. The van der Waals surface area contributed by atoms with Crippen molar-refractivity contribution in [3.63, 3.8) is 0 Å². The number of ether oxygens (including phenoxy) is 2. The van der Waals surface area contributed by atoms with Crippen LogP contribution in [0.3, 0.4) is 0 Å². The van der Waals surface area contributed by atoms with Crippen LogP contribution in [-0.4, -0.2) is 31.3 Å². The quantitative estimate of drug-likeness (QED) is 0.837. The first-order valence-corrected chi connectivity index (χ1v) is 6.06. The van der Waals surface area contributed by atoms with Crippen molar-refractivity contribution in [2.45, 2.75) is 26.8 Å². The lowest BCUT2D eigenvalue weighted by molar-refractivity contribution is 0.285. The molecule has 0 radical (unpaired) electrons. The molecule has 0 aliphatic carbocycles. The fourth-order valence-corrected chi connectivity index (χ4v) is 1.33. The van der Waals surface area contributed by atoms with Crippen LogP contribution in [-0.2, 0) is 6.54 Å². The van der Waals surface area contributed by atoms with E-state index in [4.69, 9.17) is 15.2 Å². The van der Waals surface area contributed by atoms with Crippen LogP contribution >= 0.6 is 0 Å². The van der Waals surface area contributed by atoms with Crippen molar-refractivity contribution in [1.82, 2.24) is 24.7 Å². The number of anilines is 1. The highest BCUT2D eigenvalue weighted by Crippen LogP contribution is 2.19. The molecule has 8 heteroatoms. The Labute approximate surface area is 110 Å². The average Bonchev–Trinajstić information content (AvgIpc) is 2.83. The fourth-order valence-electron chi connectivity index (χ4n) is 1.33. The van der Waals surface area contributed by atoms with E-state index in [-0.39, 0.29) is 18.0 Å². The molecule has 0 aromatic carbocycles. The molecule has 0 bridgehead atoms. The molecular formula is C11H16N6O2. The normalized spacial score (nSPS) is 10.4. The number of nitrogens with zero attached hydrogens (tertiary/aromatic N) is 5. The Kier molecular flexibility index (Phi) is 4.11. The molecule has 2 aromatic heterocycles. The molecule has 8 nitrogen and oxygen atoms in total. The summed E-state index contributed by atoms with van der Waals surface area (Å²) in [5, 5.41) is 4.08. The van der Waals surface area contributed by atoms with Crippen molar-refractivity contribution in [2.75, 3.05) is 12.3 Å². The second-order valence-electron chi connectivity index (χ2n) is 3.74. The lowest BCUT2D eigenvalue weighted by atomic mass is 10.5. The van der Waals surface area contributed by atoms with E-state index in [1.54, 1.807) is 17.1 Å². The highest BCUT2D eigenvalue weighted by atomic mass is 16.5. The minimum absolute atomic E-state index is 0.0546. The second kappa shape index (κ2) is 5.98.